The van der Waals surface area contributed by atoms with Crippen molar-refractivity contribution < 1.29 is 13.2 Å². The molecule has 0 saturated heterocycles. The van der Waals surface area contributed by atoms with E-state index in [4.69, 9.17) is 16.3 Å². The van der Waals surface area contributed by atoms with Crippen molar-refractivity contribution >= 4 is 27.3 Å². The van der Waals surface area contributed by atoms with Crippen molar-refractivity contribution in [2.45, 2.75) is 17.4 Å². The van der Waals surface area contributed by atoms with Gasteiger partial charge in [-0.3, -0.25) is 0 Å². The van der Waals surface area contributed by atoms with Crippen molar-refractivity contribution in [2.75, 3.05) is 7.11 Å². The lowest BCUT2D eigenvalue weighted by molar-refractivity contribution is 0.350. The molecule has 0 radical (unpaired) electrons. The van der Waals surface area contributed by atoms with E-state index in [9.17, 15) is 8.42 Å². The Balaban J connectivity index is 1.86. The van der Waals surface area contributed by atoms with Crippen molar-refractivity contribution in [3.63, 3.8) is 0 Å². The molecule has 0 unspecified atom stereocenters. The summed E-state index contributed by atoms with van der Waals surface area (Å²) in [4.78, 5) is 0.184. The number of para-hydroxylation sites is 1. The van der Waals surface area contributed by atoms with Gasteiger partial charge in [0.15, 0.2) is 0 Å². The van der Waals surface area contributed by atoms with E-state index in [1.165, 1.54) is 4.41 Å². The smallest absolute Gasteiger partial charge is 0.279 e. The summed E-state index contributed by atoms with van der Waals surface area (Å²) < 4.78 is 33.5. The SMILES string of the molecule is COc1ccccc1[C@H]1CC(c2ccccc2Cl)=NN1S(=O)(=O)c1ccccc1. The zero-order valence-corrected chi connectivity index (χ0v) is 17.3. The Kier molecular flexibility index (Phi) is 5.30. The third-order valence-electron chi connectivity index (χ3n) is 4.84. The predicted molar refractivity (Wildman–Crippen MR) is 114 cm³/mol. The highest BCUT2D eigenvalue weighted by Crippen LogP contribution is 2.41. The van der Waals surface area contributed by atoms with Gasteiger partial charge in [0.2, 0.25) is 0 Å². The van der Waals surface area contributed by atoms with E-state index < -0.39 is 16.1 Å². The summed E-state index contributed by atoms with van der Waals surface area (Å²) in [6.07, 6.45) is 0.385. The van der Waals surface area contributed by atoms with Gasteiger partial charge in [0.25, 0.3) is 10.0 Å². The third-order valence-corrected chi connectivity index (χ3v) is 6.87. The molecule has 0 saturated carbocycles. The molecule has 1 atom stereocenters. The minimum Gasteiger partial charge on any atom is -0.496 e. The van der Waals surface area contributed by atoms with Crippen molar-refractivity contribution in [2.24, 2.45) is 5.10 Å². The number of methoxy groups -OCH3 is 1. The molecule has 5 nitrogen and oxygen atoms in total. The summed E-state index contributed by atoms with van der Waals surface area (Å²) in [5.41, 5.74) is 2.09. The van der Waals surface area contributed by atoms with Gasteiger partial charge in [-0.05, 0) is 24.3 Å². The molecular weight excluding hydrogens is 408 g/mol. The Morgan fingerprint density at radius 1 is 0.966 bits per heavy atom. The minimum absolute atomic E-state index is 0.184. The van der Waals surface area contributed by atoms with Crippen LogP contribution in [0.1, 0.15) is 23.6 Å². The maximum absolute atomic E-state index is 13.4. The molecule has 1 aliphatic heterocycles. The summed E-state index contributed by atoms with van der Waals surface area (Å²) in [6.45, 7) is 0. The summed E-state index contributed by atoms with van der Waals surface area (Å²) in [6, 6.07) is 22.5. The number of halogens is 1. The quantitative estimate of drug-likeness (QED) is 0.583. The molecule has 1 heterocycles. The normalized spacial score (nSPS) is 16.6. The molecule has 29 heavy (non-hydrogen) atoms. The Morgan fingerprint density at radius 2 is 1.62 bits per heavy atom. The van der Waals surface area contributed by atoms with Gasteiger partial charge in [0.05, 0.1) is 23.8 Å². The number of rotatable bonds is 5. The highest BCUT2D eigenvalue weighted by atomic mass is 35.5. The largest absolute Gasteiger partial charge is 0.496 e. The molecule has 0 fully saturated rings. The fraction of sp³-hybridized carbons (Fsp3) is 0.136. The van der Waals surface area contributed by atoms with Crippen LogP contribution >= 0.6 is 11.6 Å². The lowest BCUT2D eigenvalue weighted by Gasteiger charge is -2.24. The number of hydrogen-bond acceptors (Lipinski definition) is 4. The first-order chi connectivity index (χ1) is 14.0. The average Bonchev–Trinajstić information content (AvgIpc) is 3.20. The second kappa shape index (κ2) is 7.89. The van der Waals surface area contributed by atoms with Crippen LogP contribution in [0.3, 0.4) is 0 Å². The molecule has 7 heteroatoms. The number of ether oxygens (including phenoxy) is 1. The molecule has 3 aromatic carbocycles. The van der Waals surface area contributed by atoms with Crippen LogP contribution in [0.4, 0.5) is 0 Å². The van der Waals surface area contributed by atoms with Gasteiger partial charge in [0, 0.05) is 22.6 Å². The van der Waals surface area contributed by atoms with Crippen molar-refractivity contribution in [3.05, 3.63) is 95.0 Å². The number of hydrogen-bond donors (Lipinski definition) is 0. The summed E-state index contributed by atoms with van der Waals surface area (Å²) in [5.74, 6) is 0.612. The van der Waals surface area contributed by atoms with E-state index in [2.05, 4.69) is 5.10 Å². The molecule has 0 amide bonds. The number of nitrogens with zero attached hydrogens (tertiary/aromatic N) is 2. The molecule has 0 N–H and O–H groups in total. The molecule has 1 aliphatic rings. The standard InChI is InChI=1S/C22H19ClN2O3S/c1-28-22-14-8-6-12-18(22)21-15-20(17-11-5-7-13-19(17)23)24-25(21)29(26,27)16-9-3-2-4-10-16/h2-14,21H,15H2,1H3/t21-/m1/s1. The summed E-state index contributed by atoms with van der Waals surface area (Å²) in [5, 5.41) is 5.05. The zero-order valence-electron chi connectivity index (χ0n) is 15.7. The summed E-state index contributed by atoms with van der Waals surface area (Å²) in [7, 11) is -2.30. The Hall–Kier alpha value is -2.83. The Morgan fingerprint density at radius 3 is 2.34 bits per heavy atom. The van der Waals surface area contributed by atoms with Gasteiger partial charge in [-0.25, -0.2) is 0 Å². The first-order valence-corrected chi connectivity index (χ1v) is 10.9. The van der Waals surface area contributed by atoms with Crippen LogP contribution < -0.4 is 4.74 Å². The van der Waals surface area contributed by atoms with E-state index in [0.717, 1.165) is 11.1 Å². The fourth-order valence-corrected chi connectivity index (χ4v) is 5.13. The van der Waals surface area contributed by atoms with E-state index in [1.54, 1.807) is 43.5 Å². The summed E-state index contributed by atoms with van der Waals surface area (Å²) >= 11 is 6.36. The van der Waals surface area contributed by atoms with Gasteiger partial charge in [-0.2, -0.15) is 17.9 Å². The molecule has 4 rings (SSSR count). The second-order valence-corrected chi connectivity index (χ2v) is 8.78. The van der Waals surface area contributed by atoms with E-state index in [0.29, 0.717) is 22.9 Å². The van der Waals surface area contributed by atoms with Crippen LogP contribution in [0, 0.1) is 0 Å². The molecule has 0 bridgehead atoms. The fourth-order valence-electron chi connectivity index (χ4n) is 3.44. The zero-order chi connectivity index (χ0) is 20.4. The maximum Gasteiger partial charge on any atom is 0.279 e. The first kappa shape index (κ1) is 19.5. The predicted octanol–water partition coefficient (Wildman–Crippen LogP) is 4.89. The van der Waals surface area contributed by atoms with Crippen molar-refractivity contribution in [3.8, 4) is 5.75 Å². The molecule has 0 aromatic heterocycles. The molecular formula is C22H19ClN2O3S. The van der Waals surface area contributed by atoms with E-state index in [1.807, 2.05) is 42.5 Å². The number of hydrazone groups is 1. The van der Waals surface area contributed by atoms with Gasteiger partial charge >= 0.3 is 0 Å². The monoisotopic (exact) mass is 426 g/mol. The van der Waals surface area contributed by atoms with Crippen LogP contribution in [0.2, 0.25) is 5.02 Å². The lowest BCUT2D eigenvalue weighted by Crippen LogP contribution is -2.27. The van der Waals surface area contributed by atoms with Crippen LogP contribution in [0.25, 0.3) is 0 Å². The first-order valence-electron chi connectivity index (χ1n) is 9.07. The highest BCUT2D eigenvalue weighted by Gasteiger charge is 2.39. The molecule has 0 spiro atoms. The van der Waals surface area contributed by atoms with Crippen molar-refractivity contribution in [1.29, 1.82) is 0 Å². The number of benzene rings is 3. The third kappa shape index (κ3) is 3.61. The van der Waals surface area contributed by atoms with E-state index >= 15 is 0 Å². The number of sulfonamides is 1. The molecule has 0 aliphatic carbocycles. The van der Waals surface area contributed by atoms with Gasteiger partial charge in [-0.1, -0.05) is 66.2 Å². The maximum atomic E-state index is 13.4. The van der Waals surface area contributed by atoms with E-state index in [-0.39, 0.29) is 4.90 Å². The topological polar surface area (TPSA) is 59.0 Å². The second-order valence-electron chi connectivity index (χ2n) is 6.58. The Bertz CT molecular complexity index is 1160. The van der Waals surface area contributed by atoms with Crippen LogP contribution in [0.5, 0.6) is 5.75 Å². The van der Waals surface area contributed by atoms with Gasteiger partial charge in [-0.15, -0.1) is 0 Å². The highest BCUT2D eigenvalue weighted by molar-refractivity contribution is 7.89. The lowest BCUT2D eigenvalue weighted by atomic mass is 9.98. The van der Waals surface area contributed by atoms with Crippen LogP contribution in [-0.2, 0) is 10.0 Å². The molecule has 148 valence electrons. The minimum atomic E-state index is -3.87. The van der Waals surface area contributed by atoms with Crippen LogP contribution in [-0.4, -0.2) is 25.7 Å². The molecule has 3 aromatic rings. The van der Waals surface area contributed by atoms with Gasteiger partial charge < -0.3 is 4.74 Å². The van der Waals surface area contributed by atoms with Crippen molar-refractivity contribution in [1.82, 2.24) is 4.41 Å². The van der Waals surface area contributed by atoms with Gasteiger partial charge in [0.1, 0.15) is 5.75 Å². The van der Waals surface area contributed by atoms with Crippen LogP contribution in [0.15, 0.2) is 88.9 Å². The Labute approximate surface area is 175 Å². The average molecular weight is 427 g/mol.